The molecule has 7 nitrogen and oxygen atoms in total. The molecule has 0 aliphatic heterocycles. The summed E-state index contributed by atoms with van der Waals surface area (Å²) in [5.41, 5.74) is -1.49. The van der Waals surface area contributed by atoms with Crippen LogP contribution in [0.2, 0.25) is 0 Å². The lowest BCUT2D eigenvalue weighted by molar-refractivity contribution is 0.0694. The van der Waals surface area contributed by atoms with Crippen LogP contribution in [0.5, 0.6) is 0 Å². The number of pyridine rings is 1. The molecular weight excluding hydrogens is 286 g/mol. The fourth-order valence-corrected chi connectivity index (χ4v) is 1.95. The molecule has 0 unspecified atom stereocenters. The van der Waals surface area contributed by atoms with E-state index >= 15 is 0 Å². The van der Waals surface area contributed by atoms with Crippen LogP contribution in [0.1, 0.15) is 10.4 Å². The number of carbonyl (C=O) groups is 1. The van der Waals surface area contributed by atoms with E-state index < -0.39 is 28.6 Å². The van der Waals surface area contributed by atoms with Crippen LogP contribution in [-0.4, -0.2) is 30.6 Å². The summed E-state index contributed by atoms with van der Waals surface area (Å²) in [4.78, 5) is 23.1. The predicted octanol–water partition coefficient (Wildman–Crippen LogP) is 0.881. The molecule has 2 aromatic heterocycles. The number of hydrogen-bond acceptors (Lipinski definition) is 4. The van der Waals surface area contributed by atoms with Gasteiger partial charge in [-0.05, 0) is 6.07 Å². The van der Waals surface area contributed by atoms with Gasteiger partial charge in [-0.15, -0.1) is 10.2 Å². The number of benzene rings is 1. The maximum Gasteiger partial charge on any atom is 0.341 e. The zero-order valence-electron chi connectivity index (χ0n) is 10.2. The molecule has 0 aliphatic carbocycles. The van der Waals surface area contributed by atoms with Crippen molar-refractivity contribution in [2.45, 2.75) is 0 Å². The van der Waals surface area contributed by atoms with Gasteiger partial charge in [-0.3, -0.25) is 9.47 Å². The fraction of sp³-hybridized carbons (Fsp3) is 0. The molecule has 2 heterocycles. The first-order chi connectivity index (χ1) is 9.99. The Hall–Kier alpha value is -3.10. The predicted molar refractivity (Wildman–Crippen MR) is 65.9 cm³/mol. The van der Waals surface area contributed by atoms with E-state index in [2.05, 4.69) is 10.2 Å². The monoisotopic (exact) mass is 292 g/mol. The first-order valence-electron chi connectivity index (χ1n) is 5.62. The molecule has 21 heavy (non-hydrogen) atoms. The fourth-order valence-electron chi connectivity index (χ4n) is 1.95. The summed E-state index contributed by atoms with van der Waals surface area (Å²) in [7, 11) is 0. The maximum atomic E-state index is 13.4. The number of rotatable bonds is 2. The highest BCUT2D eigenvalue weighted by atomic mass is 19.2. The third kappa shape index (κ3) is 1.95. The van der Waals surface area contributed by atoms with Gasteiger partial charge in [0.05, 0.1) is 10.9 Å². The van der Waals surface area contributed by atoms with Gasteiger partial charge in [0.1, 0.15) is 18.2 Å². The van der Waals surface area contributed by atoms with Gasteiger partial charge in [-0.2, -0.15) is 0 Å². The third-order valence-corrected chi connectivity index (χ3v) is 2.91. The second-order valence-corrected chi connectivity index (χ2v) is 4.15. The first kappa shape index (κ1) is 12.9. The molecule has 0 amide bonds. The van der Waals surface area contributed by atoms with Crippen LogP contribution in [0.3, 0.4) is 0 Å². The van der Waals surface area contributed by atoms with Crippen molar-refractivity contribution in [3.8, 4) is 0 Å². The molecule has 9 heteroatoms. The van der Waals surface area contributed by atoms with Crippen molar-refractivity contribution >= 4 is 16.9 Å². The number of nitrogens with zero attached hydrogens (tertiary/aromatic N) is 4. The van der Waals surface area contributed by atoms with Crippen molar-refractivity contribution in [2.24, 2.45) is 0 Å². The smallest absolute Gasteiger partial charge is 0.341 e. The van der Waals surface area contributed by atoms with E-state index in [1.807, 2.05) is 0 Å². The quantitative estimate of drug-likeness (QED) is 0.757. The van der Waals surface area contributed by atoms with E-state index in [1.165, 1.54) is 17.3 Å². The number of halogens is 2. The Kier molecular flexibility index (Phi) is 2.75. The summed E-state index contributed by atoms with van der Waals surface area (Å²) in [5, 5.41) is 15.9. The maximum absolute atomic E-state index is 13.4. The Bertz CT molecular complexity index is 918. The number of hydrogen-bond donors (Lipinski definition) is 1. The van der Waals surface area contributed by atoms with Gasteiger partial charge in [-0.25, -0.2) is 18.3 Å². The largest absolute Gasteiger partial charge is 0.477 e. The van der Waals surface area contributed by atoms with Gasteiger partial charge in [0.15, 0.2) is 11.6 Å². The van der Waals surface area contributed by atoms with Crippen LogP contribution in [0.15, 0.2) is 35.8 Å². The van der Waals surface area contributed by atoms with Gasteiger partial charge >= 0.3 is 5.97 Å². The highest BCUT2D eigenvalue weighted by molar-refractivity contribution is 5.92. The van der Waals surface area contributed by atoms with Crippen molar-refractivity contribution in [1.82, 2.24) is 19.5 Å². The van der Waals surface area contributed by atoms with Crippen molar-refractivity contribution in [3.05, 3.63) is 58.4 Å². The zero-order chi connectivity index (χ0) is 15.1. The summed E-state index contributed by atoms with van der Waals surface area (Å²) < 4.78 is 29.1. The number of aromatic carboxylic acids is 1. The van der Waals surface area contributed by atoms with E-state index in [-0.39, 0.29) is 10.9 Å². The second kappa shape index (κ2) is 4.47. The Morgan fingerprint density at radius 3 is 2.38 bits per heavy atom. The van der Waals surface area contributed by atoms with Gasteiger partial charge in [0, 0.05) is 12.3 Å². The highest BCUT2D eigenvalue weighted by Gasteiger charge is 2.17. The molecule has 0 aliphatic rings. The Balaban J connectivity index is 2.51. The van der Waals surface area contributed by atoms with Gasteiger partial charge in [-0.1, -0.05) is 0 Å². The van der Waals surface area contributed by atoms with E-state index in [4.69, 9.17) is 5.11 Å². The van der Waals surface area contributed by atoms with Crippen LogP contribution in [0, 0.1) is 11.6 Å². The van der Waals surface area contributed by atoms with E-state index in [1.54, 1.807) is 0 Å². The molecule has 0 bridgehead atoms. The van der Waals surface area contributed by atoms with Crippen molar-refractivity contribution in [3.63, 3.8) is 0 Å². The number of carboxylic acid groups (broad SMARTS) is 1. The first-order valence-corrected chi connectivity index (χ1v) is 5.62. The molecule has 106 valence electrons. The average Bonchev–Trinajstić information content (AvgIpc) is 2.95. The van der Waals surface area contributed by atoms with Crippen molar-refractivity contribution < 1.29 is 18.7 Å². The minimum Gasteiger partial charge on any atom is -0.477 e. The normalized spacial score (nSPS) is 11.0. The summed E-state index contributed by atoms with van der Waals surface area (Å²) in [6.07, 6.45) is 3.43. The van der Waals surface area contributed by atoms with Gasteiger partial charge in [0.25, 0.3) is 0 Å². The summed E-state index contributed by atoms with van der Waals surface area (Å²) >= 11 is 0. The lowest BCUT2D eigenvalue weighted by atomic mass is 10.1. The molecule has 3 aromatic rings. The van der Waals surface area contributed by atoms with Crippen LogP contribution < -0.4 is 5.43 Å². The van der Waals surface area contributed by atoms with Gasteiger partial charge < -0.3 is 5.11 Å². The standard InChI is InChI=1S/C12H6F2N4O3/c13-8-1-6-10(2-9(8)14)18(17-4-15-16-5-17)3-7(11(6)19)12(20)21/h1-5H,(H,20,21). The molecule has 0 saturated carbocycles. The topological polar surface area (TPSA) is 90.0 Å². The Labute approximate surface area is 114 Å². The van der Waals surface area contributed by atoms with E-state index in [0.717, 1.165) is 16.9 Å². The van der Waals surface area contributed by atoms with Crippen molar-refractivity contribution in [1.29, 1.82) is 0 Å². The van der Waals surface area contributed by atoms with Crippen LogP contribution in [0.25, 0.3) is 10.9 Å². The molecule has 3 rings (SSSR count). The SMILES string of the molecule is O=C(O)c1cn(-n2cnnc2)c2cc(F)c(F)cc2c1=O. The third-order valence-electron chi connectivity index (χ3n) is 2.91. The lowest BCUT2D eigenvalue weighted by Gasteiger charge is -2.12. The highest BCUT2D eigenvalue weighted by Crippen LogP contribution is 2.17. The Morgan fingerprint density at radius 2 is 1.76 bits per heavy atom. The molecule has 1 N–H and O–H groups in total. The van der Waals surface area contributed by atoms with Gasteiger partial charge in [0.2, 0.25) is 5.43 Å². The molecule has 0 saturated heterocycles. The minimum atomic E-state index is -1.48. The van der Waals surface area contributed by atoms with E-state index in [9.17, 15) is 18.4 Å². The number of carboxylic acids is 1. The minimum absolute atomic E-state index is 0.0105. The van der Waals surface area contributed by atoms with Crippen LogP contribution in [-0.2, 0) is 0 Å². The van der Waals surface area contributed by atoms with Crippen LogP contribution in [0.4, 0.5) is 8.78 Å². The summed E-state index contributed by atoms with van der Waals surface area (Å²) in [5.74, 6) is -3.88. The second-order valence-electron chi connectivity index (χ2n) is 4.15. The molecule has 0 radical (unpaired) electrons. The van der Waals surface area contributed by atoms with Crippen LogP contribution >= 0.6 is 0 Å². The lowest BCUT2D eigenvalue weighted by Crippen LogP contribution is -2.21. The molecule has 0 spiro atoms. The van der Waals surface area contributed by atoms with Crippen molar-refractivity contribution in [2.75, 3.05) is 0 Å². The van der Waals surface area contributed by atoms with E-state index in [0.29, 0.717) is 6.07 Å². The molecule has 1 aromatic carbocycles. The molecular formula is C12H6F2N4O3. The zero-order valence-corrected chi connectivity index (χ0v) is 10.2. The Morgan fingerprint density at radius 1 is 1.14 bits per heavy atom. The summed E-state index contributed by atoms with van der Waals surface area (Å²) in [6, 6.07) is 1.47. The number of fused-ring (bicyclic) bond motifs is 1. The average molecular weight is 292 g/mol. The number of aromatic nitrogens is 4. The molecule has 0 atom stereocenters. The molecule has 0 fully saturated rings. The summed E-state index contributed by atoms with van der Waals surface area (Å²) in [6.45, 7) is 0.